The van der Waals surface area contributed by atoms with Crippen molar-refractivity contribution in [2.24, 2.45) is 0 Å². The summed E-state index contributed by atoms with van der Waals surface area (Å²) in [7, 11) is 0. The fourth-order valence-electron chi connectivity index (χ4n) is 2.65. The zero-order valence-corrected chi connectivity index (χ0v) is 14.0. The quantitative estimate of drug-likeness (QED) is 0.839. The van der Waals surface area contributed by atoms with E-state index in [4.69, 9.17) is 9.57 Å². The minimum Gasteiger partial charge on any atom is -0.350 e. The molecule has 1 unspecified atom stereocenters. The second-order valence-electron chi connectivity index (χ2n) is 6.00. The Labute approximate surface area is 147 Å². The smallest absolute Gasteiger partial charge is 0.350 e. The number of nitrogens with one attached hydrogen (secondary N) is 1. The number of hydroxylamine groups is 1. The van der Waals surface area contributed by atoms with Crippen LogP contribution in [0.15, 0.2) is 30.5 Å². The topological polar surface area (TPSA) is 65.4 Å². The molecule has 140 valence electrons. The van der Waals surface area contributed by atoms with Crippen molar-refractivity contribution in [3.8, 4) is 5.69 Å². The number of rotatable bonds is 4. The molecule has 1 amide bonds. The second kappa shape index (κ2) is 7.46. The summed E-state index contributed by atoms with van der Waals surface area (Å²) < 4.78 is 46.6. The molecular formula is C17H18F3N3O3. The number of ether oxygens (including phenoxy) is 1. The van der Waals surface area contributed by atoms with Crippen molar-refractivity contribution < 1.29 is 27.5 Å². The van der Waals surface area contributed by atoms with Crippen LogP contribution in [-0.2, 0) is 15.8 Å². The van der Waals surface area contributed by atoms with Crippen molar-refractivity contribution in [3.05, 3.63) is 47.3 Å². The van der Waals surface area contributed by atoms with Crippen molar-refractivity contribution in [1.29, 1.82) is 0 Å². The number of aromatic nitrogens is 2. The lowest BCUT2D eigenvalue weighted by Gasteiger charge is -2.22. The van der Waals surface area contributed by atoms with E-state index in [1.165, 1.54) is 12.1 Å². The maximum atomic E-state index is 13.6. The van der Waals surface area contributed by atoms with E-state index in [2.05, 4.69) is 5.10 Å². The Kier molecular flexibility index (Phi) is 5.28. The van der Waals surface area contributed by atoms with Crippen molar-refractivity contribution in [3.63, 3.8) is 0 Å². The maximum absolute atomic E-state index is 13.6. The molecule has 1 N–H and O–H groups in total. The number of amides is 1. The van der Waals surface area contributed by atoms with Gasteiger partial charge in [-0.3, -0.25) is 4.79 Å². The average molecular weight is 369 g/mol. The van der Waals surface area contributed by atoms with E-state index in [0.717, 1.165) is 24.6 Å². The first-order valence-electron chi connectivity index (χ1n) is 8.16. The summed E-state index contributed by atoms with van der Waals surface area (Å²) in [4.78, 5) is 17.3. The summed E-state index contributed by atoms with van der Waals surface area (Å²) in [6, 6.07) is 6.35. The third-order valence-electron chi connectivity index (χ3n) is 3.98. The highest BCUT2D eigenvalue weighted by atomic mass is 19.4. The zero-order chi connectivity index (χ0) is 18.7. The van der Waals surface area contributed by atoms with Gasteiger partial charge in [0.15, 0.2) is 12.0 Å². The van der Waals surface area contributed by atoms with E-state index in [9.17, 15) is 18.0 Å². The van der Waals surface area contributed by atoms with E-state index in [1.54, 1.807) is 12.1 Å². The molecule has 2 heterocycles. The first-order chi connectivity index (χ1) is 12.4. The standard InChI is InChI=1S/C17H18F3N3O3/c1-11-5-7-12(8-6-11)23-15(17(18,19)20)13(10-21-23)16(24)22-26-14-4-2-3-9-25-14/h5-8,10,14H,2-4,9H2,1H3,(H,22,24). The number of carbonyl (C=O) groups excluding carboxylic acids is 1. The monoisotopic (exact) mass is 369 g/mol. The van der Waals surface area contributed by atoms with Crippen molar-refractivity contribution >= 4 is 5.91 Å². The number of alkyl halides is 3. The lowest BCUT2D eigenvalue weighted by molar-refractivity contribution is -0.186. The van der Waals surface area contributed by atoms with Crippen LogP contribution in [0.1, 0.15) is 40.9 Å². The largest absolute Gasteiger partial charge is 0.434 e. The minimum atomic E-state index is -4.77. The fraction of sp³-hybridized carbons (Fsp3) is 0.412. The van der Waals surface area contributed by atoms with Crippen LogP contribution in [0.2, 0.25) is 0 Å². The summed E-state index contributed by atoms with van der Waals surface area (Å²) in [6.07, 6.45) is -2.24. The lowest BCUT2D eigenvalue weighted by atomic mass is 10.2. The first-order valence-corrected chi connectivity index (χ1v) is 8.16. The van der Waals surface area contributed by atoms with Crippen LogP contribution in [0.5, 0.6) is 0 Å². The summed E-state index contributed by atoms with van der Waals surface area (Å²) >= 11 is 0. The van der Waals surface area contributed by atoms with Gasteiger partial charge in [-0.25, -0.2) is 15.0 Å². The molecule has 3 rings (SSSR count). The van der Waals surface area contributed by atoms with Crippen LogP contribution < -0.4 is 5.48 Å². The first kappa shape index (κ1) is 18.4. The van der Waals surface area contributed by atoms with Crippen LogP contribution >= 0.6 is 0 Å². The molecule has 1 aromatic heterocycles. The number of benzene rings is 1. The highest BCUT2D eigenvalue weighted by molar-refractivity contribution is 5.94. The third-order valence-corrected chi connectivity index (χ3v) is 3.98. The molecule has 0 aliphatic carbocycles. The van der Waals surface area contributed by atoms with E-state index in [-0.39, 0.29) is 5.69 Å². The van der Waals surface area contributed by atoms with Crippen LogP contribution in [0, 0.1) is 6.92 Å². The fourth-order valence-corrected chi connectivity index (χ4v) is 2.65. The van der Waals surface area contributed by atoms with E-state index in [0.29, 0.717) is 17.7 Å². The van der Waals surface area contributed by atoms with Crippen molar-refractivity contribution in [2.75, 3.05) is 6.61 Å². The summed E-state index contributed by atoms with van der Waals surface area (Å²) in [5, 5.41) is 3.75. The molecule has 26 heavy (non-hydrogen) atoms. The highest BCUT2D eigenvalue weighted by Crippen LogP contribution is 2.33. The third kappa shape index (κ3) is 4.05. The predicted molar refractivity (Wildman–Crippen MR) is 85.4 cm³/mol. The number of nitrogens with zero attached hydrogens (tertiary/aromatic N) is 2. The number of hydrogen-bond donors (Lipinski definition) is 1. The number of aryl methyl sites for hydroxylation is 1. The molecule has 1 aromatic carbocycles. The molecule has 1 saturated heterocycles. The normalized spacial score (nSPS) is 17.9. The molecule has 1 fully saturated rings. The Balaban J connectivity index is 1.84. The van der Waals surface area contributed by atoms with Gasteiger partial charge in [0.05, 0.1) is 17.4 Å². The zero-order valence-electron chi connectivity index (χ0n) is 14.0. The maximum Gasteiger partial charge on any atom is 0.434 e. The minimum absolute atomic E-state index is 0.207. The average Bonchev–Trinajstić information content (AvgIpc) is 3.07. The van der Waals surface area contributed by atoms with Gasteiger partial charge in [0.25, 0.3) is 5.91 Å². The summed E-state index contributed by atoms with van der Waals surface area (Å²) in [5.74, 6) is -1.02. The Morgan fingerprint density at radius 2 is 2.04 bits per heavy atom. The van der Waals surface area contributed by atoms with Gasteiger partial charge in [-0.2, -0.15) is 18.3 Å². The van der Waals surface area contributed by atoms with Gasteiger partial charge in [0.2, 0.25) is 0 Å². The molecule has 0 radical (unpaired) electrons. The number of halogens is 3. The molecule has 2 aromatic rings. The van der Waals surface area contributed by atoms with Crippen LogP contribution in [0.4, 0.5) is 13.2 Å². The Hall–Kier alpha value is -2.39. The molecule has 1 atom stereocenters. The van der Waals surface area contributed by atoms with E-state index in [1.807, 2.05) is 12.4 Å². The van der Waals surface area contributed by atoms with Crippen LogP contribution in [0.3, 0.4) is 0 Å². The predicted octanol–water partition coefficient (Wildman–Crippen LogP) is 3.39. The van der Waals surface area contributed by atoms with Gasteiger partial charge in [-0.15, -0.1) is 0 Å². The summed E-state index contributed by atoms with van der Waals surface area (Å²) in [6.45, 7) is 2.31. The molecule has 0 spiro atoms. The van der Waals surface area contributed by atoms with Gasteiger partial charge >= 0.3 is 6.18 Å². The molecule has 9 heteroatoms. The van der Waals surface area contributed by atoms with E-state index >= 15 is 0 Å². The molecule has 1 aliphatic rings. The van der Waals surface area contributed by atoms with Gasteiger partial charge in [0, 0.05) is 13.0 Å². The molecular weight excluding hydrogens is 351 g/mol. The molecule has 1 aliphatic heterocycles. The van der Waals surface area contributed by atoms with Crippen LogP contribution in [-0.4, -0.2) is 28.6 Å². The van der Waals surface area contributed by atoms with Crippen LogP contribution in [0.25, 0.3) is 5.69 Å². The lowest BCUT2D eigenvalue weighted by Crippen LogP contribution is -2.34. The van der Waals surface area contributed by atoms with Crippen molar-refractivity contribution in [2.45, 2.75) is 38.7 Å². The van der Waals surface area contributed by atoms with E-state index < -0.39 is 29.6 Å². The van der Waals surface area contributed by atoms with Gasteiger partial charge in [-0.05, 0) is 31.9 Å². The SMILES string of the molecule is Cc1ccc(-n2ncc(C(=O)NOC3CCCCO3)c2C(F)(F)F)cc1. The van der Waals surface area contributed by atoms with Gasteiger partial charge < -0.3 is 4.74 Å². The Morgan fingerprint density at radius 3 is 2.65 bits per heavy atom. The molecule has 0 saturated carbocycles. The Bertz CT molecular complexity index is 766. The van der Waals surface area contributed by atoms with Gasteiger partial charge in [0.1, 0.15) is 0 Å². The molecule has 6 nitrogen and oxygen atoms in total. The number of hydrogen-bond acceptors (Lipinski definition) is 4. The highest BCUT2D eigenvalue weighted by Gasteiger charge is 2.40. The summed E-state index contributed by atoms with van der Waals surface area (Å²) in [5.41, 5.74) is 1.36. The van der Waals surface area contributed by atoms with Crippen molar-refractivity contribution in [1.82, 2.24) is 15.3 Å². The second-order valence-corrected chi connectivity index (χ2v) is 6.00. The molecule has 0 bridgehead atoms. The Morgan fingerprint density at radius 1 is 1.31 bits per heavy atom. The van der Waals surface area contributed by atoms with Gasteiger partial charge in [-0.1, -0.05) is 17.7 Å². The number of carbonyl (C=O) groups is 1.